The van der Waals surface area contributed by atoms with Gasteiger partial charge in [-0.05, 0) is 46.7 Å². The number of hydrogen-bond donors (Lipinski definition) is 0. The van der Waals surface area contributed by atoms with E-state index < -0.39 is 4.92 Å². The van der Waals surface area contributed by atoms with E-state index in [0.717, 1.165) is 0 Å². The smallest absolute Gasteiger partial charge is 0.324 e. The standard InChI is InChI=1S/C17H11ClN4O4/c18-12-5-1-2-6-14(12)21(10-11-4-3-9-25-11)15-8-7-13-16(20-26-19-13)17(15)22(23)24/h1-9H,10H2. The third kappa shape index (κ3) is 2.76. The van der Waals surface area contributed by atoms with Crippen molar-refractivity contribution in [3.8, 4) is 0 Å². The number of nitro groups is 1. The predicted molar refractivity (Wildman–Crippen MR) is 94.5 cm³/mol. The Morgan fingerprint density at radius 2 is 1.92 bits per heavy atom. The van der Waals surface area contributed by atoms with Crippen LogP contribution in [0, 0.1) is 10.1 Å². The van der Waals surface area contributed by atoms with Gasteiger partial charge in [-0.3, -0.25) is 10.1 Å². The van der Waals surface area contributed by atoms with Gasteiger partial charge in [0.25, 0.3) is 0 Å². The molecule has 2 heterocycles. The number of nitrogens with zero attached hydrogens (tertiary/aromatic N) is 4. The Morgan fingerprint density at radius 1 is 1.08 bits per heavy atom. The van der Waals surface area contributed by atoms with Gasteiger partial charge in [-0.25, -0.2) is 4.63 Å². The topological polar surface area (TPSA) is 98.4 Å². The minimum atomic E-state index is -0.506. The maximum Gasteiger partial charge on any atom is 0.324 e. The van der Waals surface area contributed by atoms with Crippen LogP contribution in [0.4, 0.5) is 17.1 Å². The van der Waals surface area contributed by atoms with Crippen LogP contribution in [0.25, 0.3) is 11.0 Å². The number of halogens is 1. The molecule has 0 aliphatic heterocycles. The van der Waals surface area contributed by atoms with Gasteiger partial charge in [-0.1, -0.05) is 23.7 Å². The van der Waals surface area contributed by atoms with E-state index in [1.807, 2.05) is 0 Å². The van der Waals surface area contributed by atoms with Crippen molar-refractivity contribution in [2.45, 2.75) is 6.54 Å². The highest BCUT2D eigenvalue weighted by Crippen LogP contribution is 2.41. The summed E-state index contributed by atoms with van der Waals surface area (Å²) in [5.41, 5.74) is 1.07. The highest BCUT2D eigenvalue weighted by atomic mass is 35.5. The van der Waals surface area contributed by atoms with Crippen molar-refractivity contribution in [3.63, 3.8) is 0 Å². The monoisotopic (exact) mass is 370 g/mol. The highest BCUT2D eigenvalue weighted by Gasteiger charge is 2.28. The van der Waals surface area contributed by atoms with Crippen LogP contribution in [0.3, 0.4) is 0 Å². The number of rotatable bonds is 5. The van der Waals surface area contributed by atoms with Gasteiger partial charge in [0, 0.05) is 0 Å². The Morgan fingerprint density at radius 3 is 2.65 bits per heavy atom. The van der Waals surface area contributed by atoms with Crippen molar-refractivity contribution in [2.24, 2.45) is 0 Å². The van der Waals surface area contributed by atoms with Crippen LogP contribution >= 0.6 is 11.6 Å². The van der Waals surface area contributed by atoms with E-state index in [2.05, 4.69) is 14.9 Å². The summed E-state index contributed by atoms with van der Waals surface area (Å²) in [5.74, 6) is 0.623. The largest absolute Gasteiger partial charge is 0.467 e. The van der Waals surface area contributed by atoms with Gasteiger partial charge in [0.05, 0.1) is 28.4 Å². The zero-order valence-corrected chi connectivity index (χ0v) is 14.0. The molecule has 0 amide bonds. The molecule has 4 aromatic rings. The molecule has 2 aromatic heterocycles. The van der Waals surface area contributed by atoms with Crippen LogP contribution < -0.4 is 4.90 Å². The van der Waals surface area contributed by atoms with Gasteiger partial charge in [0.15, 0.2) is 0 Å². The molecule has 130 valence electrons. The molecule has 4 rings (SSSR count). The van der Waals surface area contributed by atoms with Gasteiger partial charge in [0.1, 0.15) is 17.0 Å². The summed E-state index contributed by atoms with van der Waals surface area (Å²) in [6.07, 6.45) is 1.54. The normalized spacial score (nSPS) is 11.0. The van der Waals surface area contributed by atoms with Crippen LogP contribution in [0.5, 0.6) is 0 Å². The molecule has 9 heteroatoms. The second-order valence-electron chi connectivity index (χ2n) is 5.44. The third-order valence-corrected chi connectivity index (χ3v) is 4.21. The molecule has 0 radical (unpaired) electrons. The summed E-state index contributed by atoms with van der Waals surface area (Å²) < 4.78 is 10.1. The quantitative estimate of drug-likeness (QED) is 0.370. The van der Waals surface area contributed by atoms with Crippen molar-refractivity contribution in [1.82, 2.24) is 10.3 Å². The minimum absolute atomic E-state index is 0.0731. The average molecular weight is 371 g/mol. The Hall–Kier alpha value is -3.39. The highest BCUT2D eigenvalue weighted by molar-refractivity contribution is 6.33. The van der Waals surface area contributed by atoms with E-state index in [4.69, 9.17) is 16.0 Å². The van der Waals surface area contributed by atoms with Gasteiger partial charge >= 0.3 is 5.69 Å². The van der Waals surface area contributed by atoms with Gasteiger partial charge in [-0.15, -0.1) is 0 Å². The number of hydrogen-bond acceptors (Lipinski definition) is 7. The fraction of sp³-hybridized carbons (Fsp3) is 0.0588. The summed E-state index contributed by atoms with van der Waals surface area (Å²) in [5, 5.41) is 19.6. The summed E-state index contributed by atoms with van der Waals surface area (Å²) in [6.45, 7) is 0.244. The SMILES string of the molecule is O=[N+]([O-])c1c(N(Cc2ccco2)c2ccccc2Cl)ccc2nonc12. The third-order valence-electron chi connectivity index (χ3n) is 3.89. The first kappa shape index (κ1) is 16.1. The van der Waals surface area contributed by atoms with E-state index in [-0.39, 0.29) is 17.7 Å². The first-order chi connectivity index (χ1) is 12.6. The van der Waals surface area contributed by atoms with Crippen LogP contribution in [0.15, 0.2) is 63.8 Å². The number of aromatic nitrogens is 2. The molecule has 0 atom stereocenters. The second kappa shape index (κ2) is 6.49. The van der Waals surface area contributed by atoms with Gasteiger partial charge in [-0.2, -0.15) is 0 Å². The lowest BCUT2D eigenvalue weighted by Gasteiger charge is -2.24. The lowest BCUT2D eigenvalue weighted by Crippen LogP contribution is -2.18. The van der Waals surface area contributed by atoms with Gasteiger partial charge in [0.2, 0.25) is 5.52 Å². The molecule has 0 saturated carbocycles. The minimum Gasteiger partial charge on any atom is -0.467 e. The molecule has 2 aromatic carbocycles. The molecule has 8 nitrogen and oxygen atoms in total. The van der Waals surface area contributed by atoms with E-state index in [0.29, 0.717) is 27.7 Å². The molecule has 0 N–H and O–H groups in total. The molecule has 0 spiro atoms. The van der Waals surface area contributed by atoms with Gasteiger partial charge < -0.3 is 9.32 Å². The van der Waals surface area contributed by atoms with E-state index >= 15 is 0 Å². The van der Waals surface area contributed by atoms with Crippen LogP contribution in [0.2, 0.25) is 5.02 Å². The van der Waals surface area contributed by atoms with Crippen molar-refractivity contribution in [2.75, 3.05) is 4.90 Å². The maximum atomic E-state index is 11.8. The summed E-state index contributed by atoms with van der Waals surface area (Å²) in [4.78, 5) is 13.0. The Kier molecular flexibility index (Phi) is 4.02. The maximum absolute atomic E-state index is 11.8. The first-order valence-electron chi connectivity index (χ1n) is 7.59. The Balaban J connectivity index is 1.94. The summed E-state index contributed by atoms with van der Waals surface area (Å²) in [6, 6.07) is 13.8. The van der Waals surface area contributed by atoms with Crippen molar-refractivity contribution < 1.29 is 14.0 Å². The number of benzene rings is 2. The summed E-state index contributed by atoms with van der Waals surface area (Å²) >= 11 is 6.35. The lowest BCUT2D eigenvalue weighted by atomic mass is 10.1. The molecular formula is C17H11ClN4O4. The molecule has 0 aliphatic rings. The summed E-state index contributed by atoms with van der Waals surface area (Å²) in [7, 11) is 0. The molecule has 26 heavy (non-hydrogen) atoms. The Labute approximate surface area is 151 Å². The van der Waals surface area contributed by atoms with Crippen LogP contribution in [-0.2, 0) is 6.54 Å². The molecule has 0 aliphatic carbocycles. The van der Waals surface area contributed by atoms with Crippen molar-refractivity contribution in [3.05, 3.63) is 75.7 Å². The molecule has 0 bridgehead atoms. The van der Waals surface area contributed by atoms with Crippen LogP contribution in [0.1, 0.15) is 5.76 Å². The van der Waals surface area contributed by atoms with Crippen LogP contribution in [-0.4, -0.2) is 15.2 Å². The fourth-order valence-electron chi connectivity index (χ4n) is 2.75. The number of anilines is 2. The number of furan rings is 1. The Bertz CT molecular complexity index is 1080. The van der Waals surface area contributed by atoms with E-state index in [9.17, 15) is 10.1 Å². The van der Waals surface area contributed by atoms with Crippen molar-refractivity contribution in [1.29, 1.82) is 0 Å². The van der Waals surface area contributed by atoms with E-state index in [1.54, 1.807) is 59.7 Å². The molecule has 0 unspecified atom stereocenters. The molecule has 0 fully saturated rings. The zero-order valence-electron chi connectivity index (χ0n) is 13.2. The number of para-hydroxylation sites is 1. The number of fused-ring (bicyclic) bond motifs is 1. The average Bonchev–Trinajstić information content (AvgIpc) is 3.30. The molecule has 0 saturated heterocycles. The predicted octanol–water partition coefficient (Wildman–Crippen LogP) is 4.72. The molecular weight excluding hydrogens is 360 g/mol. The lowest BCUT2D eigenvalue weighted by molar-refractivity contribution is -0.382. The van der Waals surface area contributed by atoms with E-state index in [1.165, 1.54) is 0 Å². The zero-order chi connectivity index (χ0) is 18.1. The number of nitro benzene ring substituents is 1. The van der Waals surface area contributed by atoms with Crippen molar-refractivity contribution >= 4 is 39.7 Å². The fourth-order valence-corrected chi connectivity index (χ4v) is 2.99. The first-order valence-corrected chi connectivity index (χ1v) is 7.97. The second-order valence-corrected chi connectivity index (χ2v) is 5.85.